The fourth-order valence-electron chi connectivity index (χ4n) is 15.6. The third-order valence-electron chi connectivity index (χ3n) is 17.8. The average molecular weight is 921 g/mol. The van der Waals surface area contributed by atoms with Gasteiger partial charge in [-0.1, -0.05) is 51.5 Å². The average Bonchev–Trinajstić information content (AvgIpc) is 4.02. The smallest absolute Gasteiger partial charge is 0.311 e. The molecule has 2 heterocycles. The normalized spacial score (nSPS) is 40.5. The molecule has 65 heavy (non-hydrogen) atoms. The molecule has 0 amide bonds. The van der Waals surface area contributed by atoms with Crippen molar-refractivity contribution < 1.29 is 57.5 Å². The van der Waals surface area contributed by atoms with Crippen LogP contribution in [0.25, 0.3) is 0 Å². The highest BCUT2D eigenvalue weighted by Crippen LogP contribution is 2.68. The lowest BCUT2D eigenvalue weighted by Crippen LogP contribution is -2.41. The predicted molar refractivity (Wildman–Crippen MR) is 251 cm³/mol. The molecule has 11 fully saturated rings. The van der Waals surface area contributed by atoms with Crippen molar-refractivity contribution in [1.29, 1.82) is 0 Å². The number of epoxide rings is 1. The zero-order valence-corrected chi connectivity index (χ0v) is 35.8. The number of carbonyl (C=O) groups is 5. The second kappa shape index (κ2) is 22.1. The maximum atomic E-state index is 13.7. The summed E-state index contributed by atoms with van der Waals surface area (Å²) in [7, 11) is 1.54. The van der Waals surface area contributed by atoms with Crippen molar-refractivity contribution >= 4 is 29.8 Å². The van der Waals surface area contributed by atoms with Gasteiger partial charge in [-0.25, -0.2) is 0 Å². The molecule has 2 saturated heterocycles. The van der Waals surface area contributed by atoms with Gasteiger partial charge in [-0.3, -0.25) is 24.0 Å². The molecular formula is C53H92O12. The van der Waals surface area contributed by atoms with Crippen molar-refractivity contribution in [2.75, 3.05) is 20.3 Å². The number of carbonyl (C=O) groups excluding carboxylic acids is 4. The van der Waals surface area contributed by atoms with Crippen LogP contribution in [0.2, 0.25) is 0 Å². The van der Waals surface area contributed by atoms with Gasteiger partial charge >= 0.3 is 23.9 Å². The van der Waals surface area contributed by atoms with Crippen LogP contribution in [-0.4, -0.2) is 85.8 Å². The summed E-state index contributed by atoms with van der Waals surface area (Å²) >= 11 is 0. The Kier molecular flexibility index (Phi) is 19.3. The highest BCUT2D eigenvalue weighted by atomic mass is 16.6. The molecule has 0 spiro atoms. The summed E-state index contributed by atoms with van der Waals surface area (Å²) in [5.74, 6) is 5.73. The topological polar surface area (TPSA) is 164 Å². The van der Waals surface area contributed by atoms with Crippen molar-refractivity contribution in [2.24, 2.45) is 94.2 Å². The number of hydrogen-bond donors (Lipinski definition) is 1. The SMILES string of the molecule is C.C.C.C.C.C.C1CC2CC1C1CC3OC3C21.CC(=O)O.CCC(CC(CC(C)(C)C(=O)OC1CC2CC1C1C3CCC(C3)C21)C(=O)OCCOC)C(=O)OC1C2CC3C(=O)OC1C3C2. The predicted octanol–water partition coefficient (Wildman–Crippen LogP) is 10.5. The van der Waals surface area contributed by atoms with Gasteiger partial charge in [-0.2, -0.15) is 0 Å². The van der Waals surface area contributed by atoms with Crippen LogP contribution in [0.4, 0.5) is 0 Å². The molecule has 2 aliphatic heterocycles. The maximum Gasteiger partial charge on any atom is 0.311 e. The summed E-state index contributed by atoms with van der Waals surface area (Å²) in [6.45, 7) is 7.05. The number of methoxy groups -OCH3 is 1. The largest absolute Gasteiger partial charge is 0.481 e. The van der Waals surface area contributed by atoms with E-state index < -0.39 is 35.3 Å². The zero-order chi connectivity index (χ0) is 41.5. The van der Waals surface area contributed by atoms with Crippen molar-refractivity contribution in [2.45, 2.75) is 193 Å². The molecule has 0 aromatic carbocycles. The van der Waals surface area contributed by atoms with Crippen LogP contribution < -0.4 is 0 Å². The first-order valence-corrected chi connectivity index (χ1v) is 23.4. The highest BCUT2D eigenvalue weighted by molar-refractivity contribution is 5.80. The first-order chi connectivity index (χ1) is 28.3. The minimum Gasteiger partial charge on any atom is -0.481 e. The molecule has 11 aliphatic rings. The summed E-state index contributed by atoms with van der Waals surface area (Å²) in [5.41, 5.74) is -0.930. The van der Waals surface area contributed by atoms with Crippen LogP contribution in [0.1, 0.15) is 162 Å². The monoisotopic (exact) mass is 921 g/mol. The molecule has 20 unspecified atom stereocenters. The first kappa shape index (κ1) is 56.6. The van der Waals surface area contributed by atoms with E-state index >= 15 is 0 Å². The van der Waals surface area contributed by atoms with Gasteiger partial charge in [0.1, 0.15) is 24.9 Å². The highest BCUT2D eigenvalue weighted by Gasteiger charge is 2.66. The lowest BCUT2D eigenvalue weighted by Gasteiger charge is -2.39. The molecule has 20 atom stereocenters. The Balaban J connectivity index is 0.000000450. The van der Waals surface area contributed by atoms with Gasteiger partial charge in [0.25, 0.3) is 5.97 Å². The minimum atomic E-state index is -0.930. The number of carboxylic acids is 1. The second-order valence-corrected chi connectivity index (χ2v) is 21.4. The van der Waals surface area contributed by atoms with Crippen molar-refractivity contribution in [1.82, 2.24) is 0 Å². The van der Waals surface area contributed by atoms with Crippen molar-refractivity contribution in [3.8, 4) is 0 Å². The van der Waals surface area contributed by atoms with Gasteiger partial charge in [0, 0.05) is 25.9 Å². The Morgan fingerprint density at radius 1 is 0.692 bits per heavy atom. The molecule has 9 saturated carbocycles. The fraction of sp³-hybridized carbons (Fsp3) is 0.906. The Hall–Kier alpha value is -2.73. The van der Waals surface area contributed by atoms with E-state index in [9.17, 15) is 19.2 Å². The van der Waals surface area contributed by atoms with E-state index in [-0.39, 0.29) is 118 Å². The van der Waals surface area contributed by atoms with Crippen LogP contribution in [-0.2, 0) is 52.4 Å². The van der Waals surface area contributed by atoms with Gasteiger partial charge in [-0.05, 0) is 163 Å². The Morgan fingerprint density at radius 3 is 1.95 bits per heavy atom. The number of rotatable bonds is 13. The van der Waals surface area contributed by atoms with Crippen molar-refractivity contribution in [3.63, 3.8) is 0 Å². The number of carboxylic acid groups (broad SMARTS) is 1. The number of hydrogen-bond acceptors (Lipinski definition) is 11. The molecule has 8 bridgehead atoms. The van der Waals surface area contributed by atoms with E-state index in [0.29, 0.717) is 24.7 Å². The summed E-state index contributed by atoms with van der Waals surface area (Å²) < 4.78 is 34.1. The third kappa shape index (κ3) is 10.5. The molecule has 11 rings (SSSR count). The Labute approximate surface area is 393 Å². The van der Waals surface area contributed by atoms with Gasteiger partial charge in [0.05, 0.1) is 42.0 Å². The van der Waals surface area contributed by atoms with Crippen LogP contribution in [0.5, 0.6) is 0 Å². The molecule has 9 aliphatic carbocycles. The maximum absolute atomic E-state index is 13.7. The molecule has 1 N–H and O–H groups in total. The van der Waals surface area contributed by atoms with Gasteiger partial charge < -0.3 is 33.5 Å². The number of fused-ring (bicyclic) bond motifs is 17. The second-order valence-electron chi connectivity index (χ2n) is 21.4. The van der Waals surface area contributed by atoms with E-state index in [1.54, 1.807) is 20.0 Å². The number of aliphatic carboxylic acids is 1. The quantitative estimate of drug-likeness (QED) is 0.0612. The van der Waals surface area contributed by atoms with Gasteiger partial charge in [-0.15, -0.1) is 0 Å². The molecule has 12 nitrogen and oxygen atoms in total. The summed E-state index contributed by atoms with van der Waals surface area (Å²) in [6.07, 6.45) is 15.5. The van der Waals surface area contributed by atoms with Crippen molar-refractivity contribution in [3.05, 3.63) is 0 Å². The van der Waals surface area contributed by atoms with Crippen LogP contribution >= 0.6 is 0 Å². The fourth-order valence-corrected chi connectivity index (χ4v) is 15.6. The third-order valence-corrected chi connectivity index (χ3v) is 17.8. The van der Waals surface area contributed by atoms with E-state index in [1.165, 1.54) is 38.5 Å². The molecule has 376 valence electrons. The number of esters is 4. The van der Waals surface area contributed by atoms with E-state index in [1.807, 2.05) is 20.8 Å². The number of ether oxygens (including phenoxy) is 6. The Bertz CT molecular complexity index is 1640. The van der Waals surface area contributed by atoms with Gasteiger partial charge in [0.15, 0.2) is 0 Å². The zero-order valence-electron chi connectivity index (χ0n) is 35.8. The van der Waals surface area contributed by atoms with E-state index in [2.05, 4.69) is 0 Å². The summed E-state index contributed by atoms with van der Waals surface area (Å²) in [6, 6.07) is 0. The molecule has 0 radical (unpaired) electrons. The summed E-state index contributed by atoms with van der Waals surface area (Å²) in [5, 5.41) is 7.42. The van der Waals surface area contributed by atoms with Crippen LogP contribution in [0, 0.1) is 94.2 Å². The van der Waals surface area contributed by atoms with Crippen LogP contribution in [0.15, 0.2) is 0 Å². The molecule has 0 aromatic heterocycles. The minimum absolute atomic E-state index is 0. The lowest BCUT2D eigenvalue weighted by molar-refractivity contribution is -0.169. The van der Waals surface area contributed by atoms with E-state index in [4.69, 9.17) is 38.3 Å². The van der Waals surface area contributed by atoms with E-state index in [0.717, 1.165) is 79.3 Å². The molecule has 0 aromatic rings. The lowest BCUT2D eigenvalue weighted by atomic mass is 9.70. The van der Waals surface area contributed by atoms with Crippen LogP contribution in [0.3, 0.4) is 0 Å². The standard InChI is InChI=1S/C35H50O9.C10H14O.C2H4O2.6CH4/c1-5-17(32(37)43-29-21-13-23-24(14-21)33(38)44-30(23)29)10-22(31(36)41-9-8-40-4)16-35(2,3)34(39)42-26-15-20-12-25(26)28-19-7-6-18(11-19)27(20)28;1-2-6-3-5(1)7-4-8-10(11-8)9(6)7;1-2(3)4;;;;;;/h17-30H,5-16H2,1-4H3;5-10H,1-4H2;1H3,(H,3,4);6*1H4. The summed E-state index contributed by atoms with van der Waals surface area (Å²) in [4.78, 5) is 61.8. The first-order valence-electron chi connectivity index (χ1n) is 23.4. The molecule has 12 heteroatoms. The molecular weight excluding hydrogens is 829 g/mol. The Morgan fingerprint density at radius 2 is 1.31 bits per heavy atom. The van der Waals surface area contributed by atoms with Gasteiger partial charge in [0.2, 0.25) is 0 Å².